The lowest BCUT2D eigenvalue weighted by Crippen LogP contribution is -2.29. The van der Waals surface area contributed by atoms with Gasteiger partial charge in [0.05, 0.1) is 16.8 Å². The molecule has 4 aliphatic carbocycles. The summed E-state index contributed by atoms with van der Waals surface area (Å²) in [6, 6.07) is 26.3. The lowest BCUT2D eigenvalue weighted by Gasteiger charge is -2.16. The molecule has 1 aliphatic heterocycles. The molecule has 0 N–H and O–H groups in total. The highest BCUT2D eigenvalue weighted by Gasteiger charge is 2.38. The van der Waals surface area contributed by atoms with E-state index >= 15 is 0 Å². The Labute approximate surface area is 180 Å². The third-order valence-corrected chi connectivity index (χ3v) is 6.61. The van der Waals surface area contributed by atoms with Crippen LogP contribution in [0, 0.1) is 0 Å². The van der Waals surface area contributed by atoms with Crippen LogP contribution in [0.4, 0.5) is 5.69 Å². The van der Waals surface area contributed by atoms with Crippen molar-refractivity contribution in [1.82, 2.24) is 0 Å². The van der Waals surface area contributed by atoms with E-state index in [2.05, 4.69) is 36.4 Å². The van der Waals surface area contributed by atoms with Crippen molar-refractivity contribution in [2.45, 2.75) is 25.7 Å². The van der Waals surface area contributed by atoms with Gasteiger partial charge in [-0.25, -0.2) is 4.90 Å². The minimum absolute atomic E-state index is 0.217. The number of aryl methyl sites for hydroxylation is 4. The molecule has 0 spiro atoms. The van der Waals surface area contributed by atoms with Crippen LogP contribution in [0.15, 0.2) is 78.9 Å². The van der Waals surface area contributed by atoms with Crippen LogP contribution in [0.5, 0.6) is 0 Å². The minimum atomic E-state index is -0.236. The summed E-state index contributed by atoms with van der Waals surface area (Å²) in [6.45, 7) is 0. The van der Waals surface area contributed by atoms with E-state index in [9.17, 15) is 9.59 Å². The van der Waals surface area contributed by atoms with Gasteiger partial charge in [-0.2, -0.15) is 0 Å². The molecule has 3 heteroatoms. The van der Waals surface area contributed by atoms with Gasteiger partial charge in [0.15, 0.2) is 0 Å². The van der Waals surface area contributed by atoms with Crippen molar-refractivity contribution in [2.24, 2.45) is 0 Å². The Balaban J connectivity index is 1.56. The summed E-state index contributed by atoms with van der Waals surface area (Å²) < 4.78 is 0. The van der Waals surface area contributed by atoms with Crippen LogP contribution in [0.3, 0.4) is 0 Å². The fourth-order valence-electron chi connectivity index (χ4n) is 4.97. The molecule has 1 heterocycles. The summed E-state index contributed by atoms with van der Waals surface area (Å²) in [5.74, 6) is -0.453. The average Bonchev–Trinajstić information content (AvgIpc) is 3.06. The molecule has 0 fully saturated rings. The van der Waals surface area contributed by atoms with Gasteiger partial charge in [-0.3, -0.25) is 9.59 Å². The van der Waals surface area contributed by atoms with Crippen LogP contribution < -0.4 is 4.90 Å². The van der Waals surface area contributed by atoms with Crippen molar-refractivity contribution in [3.63, 3.8) is 0 Å². The van der Waals surface area contributed by atoms with Crippen molar-refractivity contribution in [3.8, 4) is 0 Å². The summed E-state index contributed by atoms with van der Waals surface area (Å²) >= 11 is 0. The Morgan fingerprint density at radius 3 is 1.94 bits per heavy atom. The number of carbonyl (C=O) groups is 2. The minimum Gasteiger partial charge on any atom is -0.268 e. The van der Waals surface area contributed by atoms with Gasteiger partial charge in [-0.05, 0) is 76.9 Å². The molecule has 4 bridgehead atoms. The quantitative estimate of drug-likeness (QED) is 0.392. The van der Waals surface area contributed by atoms with Crippen LogP contribution in [-0.4, -0.2) is 11.8 Å². The van der Waals surface area contributed by atoms with Crippen LogP contribution >= 0.6 is 0 Å². The molecule has 4 aromatic rings. The highest BCUT2D eigenvalue weighted by atomic mass is 16.2. The van der Waals surface area contributed by atoms with Gasteiger partial charge in [0.25, 0.3) is 11.8 Å². The highest BCUT2D eigenvalue weighted by molar-refractivity contribution is 6.38. The van der Waals surface area contributed by atoms with Crippen molar-refractivity contribution < 1.29 is 9.59 Å². The van der Waals surface area contributed by atoms with E-state index in [0.717, 1.165) is 42.0 Å². The maximum Gasteiger partial charge on any atom is 0.266 e. The number of hydrogen-bond donors (Lipinski definition) is 0. The highest BCUT2D eigenvalue weighted by Crippen LogP contribution is 2.37. The number of hydrogen-bond acceptors (Lipinski definition) is 2. The summed E-state index contributed by atoms with van der Waals surface area (Å²) in [6.07, 6.45) is 3.59. The maximum absolute atomic E-state index is 13.6. The van der Waals surface area contributed by atoms with E-state index < -0.39 is 0 Å². The third-order valence-electron chi connectivity index (χ3n) is 6.61. The van der Waals surface area contributed by atoms with Crippen LogP contribution in [0.1, 0.15) is 43.0 Å². The molecule has 0 aromatic heterocycles. The number of para-hydroxylation sites is 1. The molecular formula is C28H21NO2. The van der Waals surface area contributed by atoms with Crippen molar-refractivity contribution in [1.29, 1.82) is 0 Å². The molecule has 150 valence electrons. The van der Waals surface area contributed by atoms with E-state index in [0.29, 0.717) is 16.8 Å². The molecule has 0 unspecified atom stereocenters. The number of benzene rings is 4. The molecule has 3 nitrogen and oxygen atoms in total. The topological polar surface area (TPSA) is 37.4 Å². The lowest BCUT2D eigenvalue weighted by molar-refractivity contribution is 0.0926. The second-order valence-electron chi connectivity index (χ2n) is 8.39. The number of nitrogens with zero attached hydrogens (tertiary/aromatic N) is 1. The zero-order valence-corrected chi connectivity index (χ0v) is 17.1. The smallest absolute Gasteiger partial charge is 0.266 e. The van der Waals surface area contributed by atoms with E-state index in [1.54, 1.807) is 0 Å². The monoisotopic (exact) mass is 403 g/mol. The number of amides is 2. The maximum atomic E-state index is 13.6. The molecule has 4 aromatic carbocycles. The van der Waals surface area contributed by atoms with Gasteiger partial charge < -0.3 is 0 Å². The van der Waals surface area contributed by atoms with Crippen molar-refractivity contribution in [2.75, 3.05) is 4.90 Å². The first-order valence-corrected chi connectivity index (χ1v) is 10.8. The first kappa shape index (κ1) is 18.1. The Morgan fingerprint density at radius 2 is 1.23 bits per heavy atom. The molecule has 0 saturated carbocycles. The number of fused-ring (bicyclic) bond motifs is 1. The zero-order chi connectivity index (χ0) is 20.9. The predicted molar refractivity (Wildman–Crippen MR) is 123 cm³/mol. The standard InChI is InChI=1S/C28H21NO2/c30-27-24-17-16-23-20-12-10-18-6-8-19(9-7-18)11-13-21(15-14-20)25(23)26(24)28(31)29(27)22-4-2-1-3-5-22/h1-9,14-17H,10-13H2. The summed E-state index contributed by atoms with van der Waals surface area (Å²) in [5, 5.41) is 2.06. The molecule has 9 rings (SSSR count). The molecular weight excluding hydrogens is 382 g/mol. The average molecular weight is 403 g/mol. The van der Waals surface area contributed by atoms with Crippen LogP contribution in [0.25, 0.3) is 10.8 Å². The van der Waals surface area contributed by atoms with Crippen molar-refractivity contribution in [3.05, 3.63) is 112 Å². The van der Waals surface area contributed by atoms with Gasteiger partial charge in [0.2, 0.25) is 0 Å². The Morgan fingerprint density at radius 1 is 0.581 bits per heavy atom. The second-order valence-corrected chi connectivity index (χ2v) is 8.39. The lowest BCUT2D eigenvalue weighted by atomic mass is 9.88. The molecule has 31 heavy (non-hydrogen) atoms. The summed E-state index contributed by atoms with van der Waals surface area (Å²) in [5.41, 5.74) is 6.67. The molecule has 5 aliphatic rings. The summed E-state index contributed by atoms with van der Waals surface area (Å²) in [4.78, 5) is 28.1. The van der Waals surface area contributed by atoms with E-state index in [1.165, 1.54) is 21.6 Å². The van der Waals surface area contributed by atoms with Gasteiger partial charge in [-0.1, -0.05) is 60.7 Å². The van der Waals surface area contributed by atoms with Crippen molar-refractivity contribution >= 4 is 28.3 Å². The SMILES string of the molecule is O=C1c2ccc3c4ccc(c3c2C(=O)N1c1ccccc1)CCc1ccc(cc1)CC4. The molecule has 0 radical (unpaired) electrons. The Hall–Kier alpha value is -3.72. The van der Waals surface area contributed by atoms with E-state index in [4.69, 9.17) is 0 Å². The molecule has 0 saturated heterocycles. The number of imide groups is 1. The van der Waals surface area contributed by atoms with Gasteiger partial charge >= 0.3 is 0 Å². The van der Waals surface area contributed by atoms with Gasteiger partial charge in [-0.15, -0.1) is 0 Å². The third kappa shape index (κ3) is 2.81. The van der Waals surface area contributed by atoms with Crippen LogP contribution in [-0.2, 0) is 25.7 Å². The summed E-state index contributed by atoms with van der Waals surface area (Å²) in [7, 11) is 0. The first-order chi connectivity index (χ1) is 15.2. The molecule has 0 atom stereocenters. The first-order valence-electron chi connectivity index (χ1n) is 10.8. The largest absolute Gasteiger partial charge is 0.268 e. The van der Waals surface area contributed by atoms with E-state index in [1.807, 2.05) is 42.5 Å². The Kier molecular flexibility index (Phi) is 4.03. The Bertz CT molecular complexity index is 1350. The number of carbonyl (C=O) groups excluding carboxylic acids is 2. The zero-order valence-electron chi connectivity index (χ0n) is 17.1. The molecule has 2 amide bonds. The van der Waals surface area contributed by atoms with E-state index in [-0.39, 0.29) is 11.8 Å². The van der Waals surface area contributed by atoms with Gasteiger partial charge in [0.1, 0.15) is 0 Å². The fourth-order valence-corrected chi connectivity index (χ4v) is 4.97. The number of rotatable bonds is 1. The normalized spacial score (nSPS) is 15.3. The number of anilines is 1. The van der Waals surface area contributed by atoms with Gasteiger partial charge in [0, 0.05) is 0 Å². The fraction of sp³-hybridized carbons (Fsp3) is 0.143. The predicted octanol–water partition coefficient (Wildman–Crippen LogP) is 5.52. The second kappa shape index (κ2) is 6.92. The van der Waals surface area contributed by atoms with Crippen LogP contribution in [0.2, 0.25) is 0 Å².